The Kier molecular flexibility index (Phi) is 4.14. The Morgan fingerprint density at radius 3 is 2.15 bits per heavy atom. The number of hydrogen-bond acceptors (Lipinski definition) is 4. The number of pyridine rings is 1. The molecule has 0 atom stereocenters. The van der Waals surface area contributed by atoms with Gasteiger partial charge in [-0.3, -0.25) is 9.78 Å². The number of carboxylic acid groups (broad SMARTS) is 1. The Hall–Kier alpha value is -2.21. The molecule has 20 heavy (non-hydrogen) atoms. The van der Waals surface area contributed by atoms with Gasteiger partial charge >= 0.3 is 5.97 Å². The molecule has 0 unspecified atom stereocenters. The summed E-state index contributed by atoms with van der Waals surface area (Å²) in [6.45, 7) is 0. The first kappa shape index (κ1) is 14.2. The lowest BCUT2D eigenvalue weighted by Gasteiger charge is -2.05. The fourth-order valence-electron chi connectivity index (χ4n) is 1.77. The summed E-state index contributed by atoms with van der Waals surface area (Å²) in [5.74, 6) is -1.05. The van der Waals surface area contributed by atoms with E-state index in [1.807, 2.05) is 0 Å². The summed E-state index contributed by atoms with van der Waals surface area (Å²) in [4.78, 5) is 14.6. The standard InChI is InChI=1S/C14H13NO4S/c16-14(17)9-11-1-3-13(4-2-11)20(18,19)10-12-5-7-15-8-6-12/h1-8H,9-10H2,(H,16,17). The number of sulfone groups is 1. The lowest BCUT2D eigenvalue weighted by atomic mass is 10.2. The van der Waals surface area contributed by atoms with Gasteiger partial charge in [-0.15, -0.1) is 0 Å². The monoisotopic (exact) mass is 291 g/mol. The summed E-state index contributed by atoms with van der Waals surface area (Å²) >= 11 is 0. The number of carbonyl (C=O) groups is 1. The van der Waals surface area contributed by atoms with Gasteiger partial charge in [-0.2, -0.15) is 0 Å². The average Bonchev–Trinajstić information content (AvgIpc) is 2.39. The van der Waals surface area contributed by atoms with Crippen LogP contribution >= 0.6 is 0 Å². The van der Waals surface area contributed by atoms with Crippen LogP contribution in [0.1, 0.15) is 11.1 Å². The summed E-state index contributed by atoms with van der Waals surface area (Å²) in [5.41, 5.74) is 1.23. The van der Waals surface area contributed by atoms with Crippen molar-refractivity contribution in [1.29, 1.82) is 0 Å². The molecule has 1 aromatic heterocycles. The van der Waals surface area contributed by atoms with Crippen LogP contribution in [0.15, 0.2) is 53.7 Å². The van der Waals surface area contributed by atoms with Crippen LogP contribution in [-0.4, -0.2) is 24.5 Å². The summed E-state index contributed by atoms with van der Waals surface area (Å²) in [5, 5.41) is 8.67. The van der Waals surface area contributed by atoms with Gasteiger partial charge in [0.05, 0.1) is 17.1 Å². The van der Waals surface area contributed by atoms with Crippen LogP contribution in [0.25, 0.3) is 0 Å². The van der Waals surface area contributed by atoms with E-state index in [1.54, 1.807) is 24.5 Å². The van der Waals surface area contributed by atoms with Crippen molar-refractivity contribution >= 4 is 15.8 Å². The van der Waals surface area contributed by atoms with E-state index in [2.05, 4.69) is 4.98 Å². The molecule has 0 aliphatic heterocycles. The largest absolute Gasteiger partial charge is 0.481 e. The SMILES string of the molecule is O=C(O)Cc1ccc(S(=O)(=O)Cc2ccncc2)cc1. The molecule has 1 heterocycles. The smallest absolute Gasteiger partial charge is 0.307 e. The molecule has 0 saturated heterocycles. The molecule has 0 amide bonds. The fraction of sp³-hybridized carbons (Fsp3) is 0.143. The van der Waals surface area contributed by atoms with Crippen molar-refractivity contribution in [3.63, 3.8) is 0 Å². The molecule has 2 rings (SSSR count). The van der Waals surface area contributed by atoms with E-state index in [0.717, 1.165) is 0 Å². The molecule has 104 valence electrons. The summed E-state index contributed by atoms with van der Waals surface area (Å²) in [7, 11) is -3.43. The zero-order valence-corrected chi connectivity index (χ0v) is 11.4. The average molecular weight is 291 g/mol. The van der Waals surface area contributed by atoms with Crippen LogP contribution in [0.3, 0.4) is 0 Å². The molecule has 0 aliphatic carbocycles. The van der Waals surface area contributed by atoms with E-state index in [9.17, 15) is 13.2 Å². The molecule has 0 fully saturated rings. The molecule has 0 radical (unpaired) electrons. The minimum Gasteiger partial charge on any atom is -0.481 e. The van der Waals surface area contributed by atoms with Crippen LogP contribution in [-0.2, 0) is 26.8 Å². The third-order valence-corrected chi connectivity index (χ3v) is 4.45. The Bertz CT molecular complexity index is 694. The summed E-state index contributed by atoms with van der Waals surface area (Å²) in [6.07, 6.45) is 2.96. The Morgan fingerprint density at radius 1 is 1.00 bits per heavy atom. The van der Waals surface area contributed by atoms with Gasteiger partial charge < -0.3 is 5.11 Å². The lowest BCUT2D eigenvalue weighted by molar-refractivity contribution is -0.136. The van der Waals surface area contributed by atoms with E-state index in [4.69, 9.17) is 5.11 Å². The van der Waals surface area contributed by atoms with Crippen LogP contribution < -0.4 is 0 Å². The first-order chi connectivity index (χ1) is 9.47. The molecule has 0 bridgehead atoms. The minimum absolute atomic E-state index is 0.103. The van der Waals surface area contributed by atoms with Crippen molar-refractivity contribution in [3.05, 3.63) is 59.9 Å². The highest BCUT2D eigenvalue weighted by molar-refractivity contribution is 7.90. The first-order valence-corrected chi connectivity index (χ1v) is 7.55. The number of aromatic nitrogens is 1. The molecule has 0 aliphatic rings. The van der Waals surface area contributed by atoms with Crippen molar-refractivity contribution < 1.29 is 18.3 Å². The predicted molar refractivity (Wildman–Crippen MR) is 72.9 cm³/mol. The normalized spacial score (nSPS) is 11.2. The summed E-state index contributed by atoms with van der Waals surface area (Å²) in [6, 6.07) is 9.22. The van der Waals surface area contributed by atoms with E-state index in [-0.39, 0.29) is 17.1 Å². The maximum atomic E-state index is 12.2. The second-order valence-corrected chi connectivity index (χ2v) is 6.32. The second kappa shape index (κ2) is 5.83. The Labute approximate surface area is 116 Å². The molecular weight excluding hydrogens is 278 g/mol. The van der Waals surface area contributed by atoms with Gasteiger partial charge in [-0.05, 0) is 35.4 Å². The molecule has 0 spiro atoms. The topological polar surface area (TPSA) is 84.3 Å². The van der Waals surface area contributed by atoms with Crippen molar-refractivity contribution in [2.24, 2.45) is 0 Å². The highest BCUT2D eigenvalue weighted by Crippen LogP contribution is 2.17. The molecule has 2 aromatic rings. The number of hydrogen-bond donors (Lipinski definition) is 1. The van der Waals surface area contributed by atoms with Gasteiger partial charge in [-0.25, -0.2) is 8.42 Å². The molecule has 0 saturated carbocycles. The third kappa shape index (κ3) is 3.64. The van der Waals surface area contributed by atoms with Crippen molar-refractivity contribution in [2.45, 2.75) is 17.1 Å². The molecule has 5 nitrogen and oxygen atoms in total. The van der Waals surface area contributed by atoms with Crippen LogP contribution in [0.5, 0.6) is 0 Å². The van der Waals surface area contributed by atoms with Gasteiger partial charge in [0.1, 0.15) is 0 Å². The summed E-state index contributed by atoms with van der Waals surface area (Å²) < 4.78 is 24.4. The van der Waals surface area contributed by atoms with Crippen LogP contribution in [0.4, 0.5) is 0 Å². The lowest BCUT2D eigenvalue weighted by Crippen LogP contribution is -2.06. The Balaban J connectivity index is 2.19. The van der Waals surface area contributed by atoms with Gasteiger partial charge in [0.2, 0.25) is 0 Å². The van der Waals surface area contributed by atoms with Gasteiger partial charge in [0.25, 0.3) is 0 Å². The van der Waals surface area contributed by atoms with E-state index >= 15 is 0 Å². The number of benzene rings is 1. The zero-order valence-electron chi connectivity index (χ0n) is 10.6. The van der Waals surface area contributed by atoms with E-state index in [1.165, 1.54) is 24.3 Å². The molecule has 1 N–H and O–H groups in total. The quantitative estimate of drug-likeness (QED) is 0.906. The van der Waals surface area contributed by atoms with Gasteiger partial charge in [0, 0.05) is 12.4 Å². The minimum atomic E-state index is -3.43. The molecule has 6 heteroatoms. The van der Waals surface area contributed by atoms with Crippen molar-refractivity contribution in [3.8, 4) is 0 Å². The van der Waals surface area contributed by atoms with Gasteiger partial charge in [-0.1, -0.05) is 12.1 Å². The predicted octanol–water partition coefficient (Wildman–Crippen LogP) is 1.68. The van der Waals surface area contributed by atoms with Crippen LogP contribution in [0, 0.1) is 0 Å². The maximum Gasteiger partial charge on any atom is 0.307 e. The number of nitrogens with zero attached hydrogens (tertiary/aromatic N) is 1. The number of aliphatic carboxylic acids is 1. The number of carboxylic acids is 1. The highest BCUT2D eigenvalue weighted by Gasteiger charge is 2.15. The Morgan fingerprint density at radius 2 is 1.60 bits per heavy atom. The van der Waals surface area contributed by atoms with E-state index < -0.39 is 15.8 Å². The maximum absolute atomic E-state index is 12.2. The van der Waals surface area contributed by atoms with Crippen LogP contribution in [0.2, 0.25) is 0 Å². The van der Waals surface area contributed by atoms with Crippen molar-refractivity contribution in [2.75, 3.05) is 0 Å². The first-order valence-electron chi connectivity index (χ1n) is 5.90. The molecular formula is C14H13NO4S. The fourth-order valence-corrected chi connectivity index (χ4v) is 3.12. The number of rotatable bonds is 5. The highest BCUT2D eigenvalue weighted by atomic mass is 32.2. The van der Waals surface area contributed by atoms with Crippen molar-refractivity contribution in [1.82, 2.24) is 4.98 Å². The third-order valence-electron chi connectivity index (χ3n) is 2.74. The second-order valence-electron chi connectivity index (χ2n) is 4.33. The van der Waals surface area contributed by atoms with E-state index in [0.29, 0.717) is 11.1 Å². The van der Waals surface area contributed by atoms with Gasteiger partial charge in [0.15, 0.2) is 9.84 Å². The zero-order chi connectivity index (χ0) is 14.6. The molecule has 1 aromatic carbocycles.